The lowest BCUT2D eigenvalue weighted by Gasteiger charge is -2.46. The molecule has 0 fully saturated rings. The van der Waals surface area contributed by atoms with Crippen molar-refractivity contribution in [3.8, 4) is 0 Å². The summed E-state index contributed by atoms with van der Waals surface area (Å²) in [4.78, 5) is 33.3. The summed E-state index contributed by atoms with van der Waals surface area (Å²) in [6.07, 6.45) is 8.53. The van der Waals surface area contributed by atoms with Gasteiger partial charge in [-0.3, -0.25) is 9.59 Å². The average Bonchev–Trinajstić information content (AvgIpc) is 3.33. The van der Waals surface area contributed by atoms with Gasteiger partial charge in [-0.1, -0.05) is 81.4 Å². The third kappa shape index (κ3) is 11.3. The fourth-order valence-corrected chi connectivity index (χ4v) is 9.10. The van der Waals surface area contributed by atoms with Gasteiger partial charge in [0.2, 0.25) is 0 Å². The van der Waals surface area contributed by atoms with Crippen molar-refractivity contribution in [1.29, 1.82) is 0 Å². The number of nitrogens with zero attached hydrogens (tertiary/aromatic N) is 1. The van der Waals surface area contributed by atoms with Crippen LogP contribution in [0.2, 0.25) is 36.3 Å². The quantitative estimate of drug-likeness (QED) is 0.167. The molecule has 0 bridgehead atoms. The van der Waals surface area contributed by atoms with Gasteiger partial charge in [0, 0.05) is 23.1 Å². The maximum absolute atomic E-state index is 14.8. The standard InChI is InChI=1S/C38H67NO5SSi2/c1-26-21-19-17-18-20-22-31(27(2)23-30-25-45-29(4)39-30)42-33(40)24-32(43-46(13,14)36(5,6)7)38(11,12)35(41)28(3)34(26)44-47(15,16)37(8,9)10/h18,20,23,25-26,28,31-32,34H,17,19,21-22,24H2,1-16H3/b20-18-,27-23-/t26?,28-,31+,32+,34+/m1/s1. The first-order valence-electron chi connectivity index (χ1n) is 17.6. The molecule has 0 N–H and O–H groups in total. The number of hydrogen-bond acceptors (Lipinski definition) is 7. The number of thiazole rings is 1. The number of carbonyl (C=O) groups excluding carboxylic acids is 2. The zero-order valence-electron chi connectivity index (χ0n) is 32.6. The Labute approximate surface area is 293 Å². The van der Waals surface area contributed by atoms with Crippen LogP contribution in [-0.2, 0) is 23.2 Å². The van der Waals surface area contributed by atoms with Crippen molar-refractivity contribution >= 4 is 45.8 Å². The number of rotatable bonds is 6. The van der Waals surface area contributed by atoms with Crippen LogP contribution in [0.15, 0.2) is 23.1 Å². The number of cyclic esters (lactones) is 1. The van der Waals surface area contributed by atoms with E-state index in [-0.39, 0.29) is 46.2 Å². The van der Waals surface area contributed by atoms with Crippen LogP contribution in [0.25, 0.3) is 6.08 Å². The Morgan fingerprint density at radius 2 is 1.57 bits per heavy atom. The Hall–Kier alpha value is -1.40. The molecule has 1 unspecified atom stereocenters. The molecule has 5 atom stereocenters. The van der Waals surface area contributed by atoms with E-state index in [2.05, 4.69) is 91.8 Å². The molecule has 47 heavy (non-hydrogen) atoms. The van der Waals surface area contributed by atoms with Gasteiger partial charge in [0.25, 0.3) is 0 Å². The first-order chi connectivity index (χ1) is 21.3. The number of carbonyl (C=O) groups is 2. The summed E-state index contributed by atoms with van der Waals surface area (Å²) in [7, 11) is -4.57. The number of aromatic nitrogens is 1. The van der Waals surface area contributed by atoms with Gasteiger partial charge in [0.05, 0.1) is 29.3 Å². The number of hydrogen-bond donors (Lipinski definition) is 0. The fraction of sp³-hybridized carbons (Fsp3) is 0.763. The second-order valence-electron chi connectivity index (χ2n) is 17.6. The predicted octanol–water partition coefficient (Wildman–Crippen LogP) is 10.9. The molecule has 0 radical (unpaired) electrons. The molecule has 0 amide bonds. The number of ether oxygens (including phenoxy) is 1. The molecular weight excluding hydrogens is 639 g/mol. The maximum Gasteiger partial charge on any atom is 0.309 e. The monoisotopic (exact) mass is 705 g/mol. The minimum absolute atomic E-state index is 0.00455. The van der Waals surface area contributed by atoms with Crippen LogP contribution in [0.4, 0.5) is 0 Å². The van der Waals surface area contributed by atoms with E-state index >= 15 is 0 Å². The number of Topliss-reactive ketones (excluding diaryl/α,β-unsaturated/α-hetero) is 1. The normalized spacial score (nSPS) is 27.4. The van der Waals surface area contributed by atoms with Gasteiger partial charge < -0.3 is 13.6 Å². The van der Waals surface area contributed by atoms with Crippen molar-refractivity contribution in [3.63, 3.8) is 0 Å². The first-order valence-corrected chi connectivity index (χ1v) is 24.3. The summed E-state index contributed by atoms with van der Waals surface area (Å²) in [5.74, 6) is -0.427. The lowest BCUT2D eigenvalue weighted by atomic mass is 9.73. The lowest BCUT2D eigenvalue weighted by Crippen LogP contribution is -2.54. The van der Waals surface area contributed by atoms with Gasteiger partial charge >= 0.3 is 5.97 Å². The number of esters is 1. The van der Waals surface area contributed by atoms with Gasteiger partial charge in [-0.05, 0) is 86.9 Å². The van der Waals surface area contributed by atoms with Crippen molar-refractivity contribution in [2.24, 2.45) is 17.3 Å². The summed E-state index contributed by atoms with van der Waals surface area (Å²) < 4.78 is 20.4. The van der Waals surface area contributed by atoms with Gasteiger partial charge in [-0.2, -0.15) is 0 Å². The molecular formula is C38H67NO5SSi2. The van der Waals surface area contributed by atoms with Crippen molar-refractivity contribution in [1.82, 2.24) is 4.98 Å². The molecule has 2 heterocycles. The largest absolute Gasteiger partial charge is 0.457 e. The molecule has 1 aromatic heterocycles. The zero-order valence-corrected chi connectivity index (χ0v) is 35.4. The highest BCUT2D eigenvalue weighted by molar-refractivity contribution is 7.09. The molecule has 0 saturated heterocycles. The second-order valence-corrected chi connectivity index (χ2v) is 28.1. The lowest BCUT2D eigenvalue weighted by molar-refractivity contribution is -0.153. The molecule has 1 aliphatic heterocycles. The Bertz CT molecular complexity index is 1270. The van der Waals surface area contributed by atoms with Gasteiger partial charge in [-0.25, -0.2) is 4.98 Å². The Morgan fingerprint density at radius 1 is 1.00 bits per heavy atom. The summed E-state index contributed by atoms with van der Waals surface area (Å²) >= 11 is 1.60. The number of allylic oxidation sites excluding steroid dienone is 1. The van der Waals surface area contributed by atoms with Gasteiger partial charge in [0.15, 0.2) is 16.6 Å². The van der Waals surface area contributed by atoms with Crippen LogP contribution in [0.3, 0.4) is 0 Å². The highest BCUT2D eigenvalue weighted by Crippen LogP contribution is 2.44. The average molecular weight is 706 g/mol. The van der Waals surface area contributed by atoms with Crippen LogP contribution in [-0.4, -0.2) is 51.7 Å². The van der Waals surface area contributed by atoms with E-state index in [9.17, 15) is 9.59 Å². The molecule has 0 aliphatic carbocycles. The Kier molecular flexibility index (Phi) is 14.3. The molecule has 0 saturated carbocycles. The number of ketones is 1. The van der Waals surface area contributed by atoms with E-state index in [0.717, 1.165) is 35.5 Å². The molecule has 2 rings (SSSR count). The van der Waals surface area contributed by atoms with E-state index in [4.69, 9.17) is 13.6 Å². The summed E-state index contributed by atoms with van der Waals surface area (Å²) in [5.41, 5.74) is 0.873. The summed E-state index contributed by atoms with van der Waals surface area (Å²) in [6.45, 7) is 34.4. The smallest absolute Gasteiger partial charge is 0.309 e. The molecule has 0 spiro atoms. The Morgan fingerprint density at radius 3 is 2.11 bits per heavy atom. The third-order valence-corrected chi connectivity index (χ3v) is 20.8. The van der Waals surface area contributed by atoms with Crippen LogP contribution >= 0.6 is 11.3 Å². The minimum atomic E-state index is -2.38. The summed E-state index contributed by atoms with van der Waals surface area (Å²) in [5, 5.41) is 2.94. The predicted molar refractivity (Wildman–Crippen MR) is 204 cm³/mol. The summed E-state index contributed by atoms with van der Waals surface area (Å²) in [6, 6.07) is 0. The fourth-order valence-electron chi connectivity index (χ4n) is 5.62. The molecule has 6 nitrogen and oxygen atoms in total. The van der Waals surface area contributed by atoms with Crippen molar-refractivity contribution < 1.29 is 23.2 Å². The van der Waals surface area contributed by atoms with E-state index in [0.29, 0.717) is 6.42 Å². The minimum Gasteiger partial charge on any atom is -0.457 e. The van der Waals surface area contributed by atoms with E-state index in [1.165, 1.54) is 0 Å². The van der Waals surface area contributed by atoms with E-state index in [1.807, 2.05) is 46.1 Å². The zero-order chi connectivity index (χ0) is 36.2. The van der Waals surface area contributed by atoms with E-state index < -0.39 is 34.3 Å². The van der Waals surface area contributed by atoms with Crippen LogP contribution < -0.4 is 0 Å². The molecule has 1 aromatic rings. The number of aryl methyl sites for hydroxylation is 1. The SMILES string of the molecule is C/C(=C/c1csc(C)n1)[C@@H]1C/C=C\CCCC(C)[C@H](O[Si](C)(C)C(C)(C)C)[C@@H](C)C(=O)C(C)(C)[C@@H](O[Si](C)(C)C(C)(C)C)CC(=O)O1. The van der Waals surface area contributed by atoms with E-state index in [1.54, 1.807) is 11.3 Å². The topological polar surface area (TPSA) is 74.7 Å². The highest BCUT2D eigenvalue weighted by atomic mass is 32.1. The molecule has 0 aromatic carbocycles. The first kappa shape index (κ1) is 41.8. The second kappa shape index (κ2) is 16.1. The van der Waals surface area contributed by atoms with Crippen molar-refractivity contribution in [2.45, 2.75) is 170 Å². The maximum atomic E-state index is 14.8. The Balaban J connectivity index is 2.62. The van der Waals surface area contributed by atoms with Crippen LogP contribution in [0.1, 0.15) is 119 Å². The van der Waals surface area contributed by atoms with Crippen LogP contribution in [0, 0.1) is 24.2 Å². The highest BCUT2D eigenvalue weighted by Gasteiger charge is 2.50. The molecule has 1 aliphatic rings. The van der Waals surface area contributed by atoms with Crippen molar-refractivity contribution in [2.75, 3.05) is 0 Å². The van der Waals surface area contributed by atoms with Gasteiger partial charge in [0.1, 0.15) is 11.9 Å². The van der Waals surface area contributed by atoms with Crippen LogP contribution in [0.5, 0.6) is 0 Å². The third-order valence-electron chi connectivity index (χ3n) is 11.1. The molecule has 9 heteroatoms. The van der Waals surface area contributed by atoms with Gasteiger partial charge in [-0.15, -0.1) is 11.3 Å². The molecule has 268 valence electrons. The van der Waals surface area contributed by atoms with Crippen molar-refractivity contribution in [3.05, 3.63) is 33.8 Å².